The van der Waals surface area contributed by atoms with Crippen LogP contribution >= 0.6 is 0 Å². The monoisotopic (exact) mass is 794 g/mol. The molecule has 4 aliphatic heterocycles. The third-order valence-corrected chi connectivity index (χ3v) is 8.19. The third kappa shape index (κ3) is 10.2. The molecule has 304 valence electrons. The minimum atomic E-state index is -1.07. The number of aromatic hydroxyl groups is 1. The molecule has 8 amide bonds. The Labute approximate surface area is 325 Å². The highest BCUT2D eigenvalue weighted by molar-refractivity contribution is 6.25. The molecule has 4 aliphatic rings. The molecule has 2 atom stereocenters. The first-order valence-corrected chi connectivity index (χ1v) is 17.6. The topological polar surface area (TPSA) is 269 Å². The van der Waals surface area contributed by atoms with E-state index in [1.54, 1.807) is 41.5 Å². The number of rotatable bonds is 6. The molecule has 2 saturated heterocycles. The Morgan fingerprint density at radius 2 is 1.11 bits per heavy atom. The van der Waals surface area contributed by atoms with Gasteiger partial charge < -0.3 is 24.4 Å². The van der Waals surface area contributed by atoms with Crippen molar-refractivity contribution in [2.75, 3.05) is 13.2 Å². The predicted molar refractivity (Wildman–Crippen MR) is 192 cm³/mol. The lowest BCUT2D eigenvalue weighted by atomic mass is 10.0. The highest BCUT2D eigenvalue weighted by atomic mass is 16.6. The number of hydrogen-bond donors (Lipinski definition) is 4. The van der Waals surface area contributed by atoms with Gasteiger partial charge in [-0.1, -0.05) is 12.1 Å². The Hall–Kier alpha value is -6.50. The van der Waals surface area contributed by atoms with E-state index >= 15 is 0 Å². The average molecular weight is 795 g/mol. The Morgan fingerprint density at radius 3 is 1.53 bits per heavy atom. The summed E-state index contributed by atoms with van der Waals surface area (Å²) in [6, 6.07) is 6.52. The lowest BCUT2D eigenvalue weighted by Gasteiger charge is -2.27. The zero-order valence-corrected chi connectivity index (χ0v) is 32.0. The van der Waals surface area contributed by atoms with Crippen molar-refractivity contribution in [2.45, 2.75) is 90.5 Å². The van der Waals surface area contributed by atoms with Gasteiger partial charge in [-0.3, -0.25) is 58.8 Å². The fourth-order valence-corrected chi connectivity index (χ4v) is 5.98. The van der Waals surface area contributed by atoms with E-state index in [9.17, 15) is 53.1 Å². The summed E-state index contributed by atoms with van der Waals surface area (Å²) in [7, 11) is 0. The van der Waals surface area contributed by atoms with E-state index in [4.69, 9.17) is 19.3 Å². The second-order valence-electron chi connectivity index (χ2n) is 14.9. The van der Waals surface area contributed by atoms with Crippen molar-refractivity contribution in [3.05, 3.63) is 58.7 Å². The molecule has 19 heteroatoms. The molecule has 0 bridgehead atoms. The third-order valence-electron chi connectivity index (χ3n) is 8.19. The maximum atomic E-state index is 12.9. The van der Waals surface area contributed by atoms with Crippen LogP contribution in [0.15, 0.2) is 36.4 Å². The molecule has 4 heterocycles. The van der Waals surface area contributed by atoms with Gasteiger partial charge in [0.1, 0.15) is 41.4 Å². The highest BCUT2D eigenvalue weighted by Gasteiger charge is 2.47. The number of imide groups is 4. The second-order valence-corrected chi connectivity index (χ2v) is 14.9. The molecule has 2 fully saturated rings. The number of fused-ring (bicyclic) bond motifs is 2. The first-order chi connectivity index (χ1) is 26.5. The molecule has 0 aliphatic carbocycles. The van der Waals surface area contributed by atoms with Gasteiger partial charge in [0.25, 0.3) is 23.6 Å². The van der Waals surface area contributed by atoms with Crippen molar-refractivity contribution in [3.63, 3.8) is 0 Å². The smallest absolute Gasteiger partial charge is 0.344 e. The number of carbonyl (C=O) groups excluding carboxylic acids is 10. The molecule has 0 saturated carbocycles. The van der Waals surface area contributed by atoms with Gasteiger partial charge in [0, 0.05) is 12.8 Å². The summed E-state index contributed by atoms with van der Waals surface area (Å²) < 4.78 is 15.3. The minimum absolute atomic E-state index is 0.0132. The number of aliphatic hydroxyl groups excluding tert-OH is 1. The van der Waals surface area contributed by atoms with Crippen molar-refractivity contribution >= 4 is 59.2 Å². The molecule has 0 aromatic heterocycles. The number of nitrogens with one attached hydrogen (secondary N) is 2. The van der Waals surface area contributed by atoms with Gasteiger partial charge in [-0.05, 0) is 78.6 Å². The Kier molecular flexibility index (Phi) is 13.0. The number of esters is 2. The van der Waals surface area contributed by atoms with Crippen LogP contribution in [0.25, 0.3) is 0 Å². The number of piperidine rings is 2. The largest absolute Gasteiger partial charge is 0.507 e. The second kappa shape index (κ2) is 17.1. The van der Waals surface area contributed by atoms with E-state index in [2.05, 4.69) is 10.6 Å². The number of nitrogens with zero attached hydrogens (tertiary/aromatic N) is 2. The first kappa shape index (κ1) is 43.2. The number of amides is 8. The molecule has 2 aromatic carbocycles. The molecular formula is C38H42N4O15. The van der Waals surface area contributed by atoms with E-state index in [1.807, 2.05) is 0 Å². The van der Waals surface area contributed by atoms with E-state index in [1.165, 1.54) is 36.4 Å². The predicted octanol–water partition coefficient (Wildman–Crippen LogP) is 0.922. The molecule has 57 heavy (non-hydrogen) atoms. The van der Waals surface area contributed by atoms with Gasteiger partial charge in [-0.2, -0.15) is 0 Å². The number of phenols is 1. The summed E-state index contributed by atoms with van der Waals surface area (Å²) in [5.74, 6) is -6.36. The van der Waals surface area contributed by atoms with Crippen molar-refractivity contribution in [3.8, 4) is 11.5 Å². The fraction of sp³-hybridized carbons (Fsp3) is 0.421. The Balaban J connectivity index is 0.000000215. The van der Waals surface area contributed by atoms with Crippen LogP contribution in [0.5, 0.6) is 11.5 Å². The van der Waals surface area contributed by atoms with Gasteiger partial charge in [0.05, 0.1) is 22.3 Å². The number of ether oxygens (including phenoxy) is 3. The summed E-state index contributed by atoms with van der Waals surface area (Å²) in [6.45, 7) is 9.41. The lowest BCUT2D eigenvalue weighted by Crippen LogP contribution is -2.54. The fourth-order valence-electron chi connectivity index (χ4n) is 5.98. The number of hydrogen-bond acceptors (Lipinski definition) is 15. The molecule has 0 radical (unpaired) electrons. The normalized spacial score (nSPS) is 19.0. The molecule has 19 nitrogen and oxygen atoms in total. The van der Waals surface area contributed by atoms with Crippen molar-refractivity contribution in [2.24, 2.45) is 0 Å². The van der Waals surface area contributed by atoms with Crippen molar-refractivity contribution < 1.29 is 72.4 Å². The maximum absolute atomic E-state index is 12.9. The first-order valence-electron chi connectivity index (χ1n) is 17.6. The van der Waals surface area contributed by atoms with Gasteiger partial charge in [-0.15, -0.1) is 0 Å². The van der Waals surface area contributed by atoms with Crippen LogP contribution in [0.2, 0.25) is 0 Å². The molecule has 2 aromatic rings. The van der Waals surface area contributed by atoms with Gasteiger partial charge in [0.15, 0.2) is 6.61 Å². The van der Waals surface area contributed by atoms with E-state index in [0.29, 0.717) is 0 Å². The number of phenolic OH excluding ortho intramolecular Hbond substituents is 1. The number of carbonyl (C=O) groups is 10. The quantitative estimate of drug-likeness (QED) is 0.234. The Morgan fingerprint density at radius 1 is 0.667 bits per heavy atom. The average Bonchev–Trinajstić information content (AvgIpc) is 3.51. The minimum Gasteiger partial charge on any atom is -0.507 e. The van der Waals surface area contributed by atoms with Crippen LogP contribution in [0.1, 0.15) is 109 Å². The van der Waals surface area contributed by atoms with Gasteiger partial charge in [0.2, 0.25) is 23.6 Å². The zero-order chi connectivity index (χ0) is 42.6. The lowest BCUT2D eigenvalue weighted by molar-refractivity contribution is -0.158. The van der Waals surface area contributed by atoms with E-state index in [-0.39, 0.29) is 59.4 Å². The van der Waals surface area contributed by atoms with Crippen LogP contribution in [-0.4, -0.2) is 116 Å². The highest BCUT2D eigenvalue weighted by Crippen LogP contribution is 2.34. The zero-order valence-electron chi connectivity index (χ0n) is 32.0. The van der Waals surface area contributed by atoms with Crippen LogP contribution in [0.3, 0.4) is 0 Å². The molecule has 0 spiro atoms. The van der Waals surface area contributed by atoms with Crippen molar-refractivity contribution in [1.29, 1.82) is 0 Å². The molecular weight excluding hydrogens is 752 g/mol. The van der Waals surface area contributed by atoms with E-state index in [0.717, 1.165) is 9.80 Å². The number of aliphatic hydroxyl groups is 1. The summed E-state index contributed by atoms with van der Waals surface area (Å²) in [5, 5.41) is 22.1. The summed E-state index contributed by atoms with van der Waals surface area (Å²) in [6.07, 6.45) is 0.253. The van der Waals surface area contributed by atoms with Crippen LogP contribution in [0, 0.1) is 0 Å². The van der Waals surface area contributed by atoms with Crippen LogP contribution < -0.4 is 15.4 Å². The van der Waals surface area contributed by atoms with Gasteiger partial charge >= 0.3 is 11.9 Å². The molecule has 4 N–H and O–H groups in total. The van der Waals surface area contributed by atoms with Crippen LogP contribution in [0.4, 0.5) is 0 Å². The summed E-state index contributed by atoms with van der Waals surface area (Å²) in [4.78, 5) is 120. The van der Waals surface area contributed by atoms with Gasteiger partial charge in [-0.25, -0.2) is 9.59 Å². The molecule has 6 rings (SSSR count). The Bertz CT molecular complexity index is 2050. The summed E-state index contributed by atoms with van der Waals surface area (Å²) in [5.41, 5.74) is -1.13. The number of benzene rings is 2. The van der Waals surface area contributed by atoms with Crippen molar-refractivity contribution in [1.82, 2.24) is 20.4 Å². The van der Waals surface area contributed by atoms with E-state index < -0.39 is 95.7 Å². The molecule has 2 unspecified atom stereocenters. The maximum Gasteiger partial charge on any atom is 0.344 e. The standard InChI is InChI=1S/C19H20N2O7.C13H10N2O5.C6H12O3/c1-19(2,3)28-14(23)9-27-12-6-4-5-10-15(12)18(26)21(17(10)25)11-7-8-13(22)20-16(11)24;16-8-3-1-2-6-10(8)13(20)15(12(6)19)7-4-5-9(17)14-11(7)18;1-6(2,3)9-5(8)4-7/h4-6,11H,7-9H2,1-3H3,(H,20,22,24);1-3,7,16H,4-5H2,(H,14,17,18);7H,4H2,1-3H3. The SMILES string of the molecule is CC(C)(C)OC(=O)CO.CC(C)(C)OC(=O)COc1cccc2c1C(=O)N(C1CCC(=O)NC1=O)C2=O.O=C1CCC(N2C(=O)c3cccc(O)c3C2=O)C(=O)N1. The summed E-state index contributed by atoms with van der Waals surface area (Å²) >= 11 is 0. The van der Waals surface area contributed by atoms with Crippen LogP contribution in [-0.2, 0) is 38.2 Å².